The van der Waals surface area contributed by atoms with E-state index in [1.807, 2.05) is 61.0 Å². The van der Waals surface area contributed by atoms with E-state index in [0.29, 0.717) is 34.4 Å². The maximum absolute atomic E-state index is 13.1. The smallest absolute Gasteiger partial charge is 0.255 e. The lowest BCUT2D eigenvalue weighted by molar-refractivity contribution is 0.102. The van der Waals surface area contributed by atoms with Crippen LogP contribution in [-0.4, -0.2) is 15.7 Å². The summed E-state index contributed by atoms with van der Waals surface area (Å²) in [4.78, 5) is 13.1. The fraction of sp³-hybridized carbons (Fsp3) is 0.267. The van der Waals surface area contributed by atoms with Gasteiger partial charge in [-0.15, -0.1) is 0 Å². The van der Waals surface area contributed by atoms with Crippen LogP contribution in [0.2, 0.25) is 10.0 Å². The third kappa shape index (κ3) is 6.54. The lowest BCUT2D eigenvalue weighted by Crippen LogP contribution is -2.14. The molecule has 1 amide bonds. The zero-order valence-electron chi connectivity index (χ0n) is 21.7. The van der Waals surface area contributed by atoms with Crippen LogP contribution in [0.5, 0.6) is 5.75 Å². The molecule has 4 rings (SSSR count). The van der Waals surface area contributed by atoms with Crippen LogP contribution in [0.1, 0.15) is 59.2 Å². The number of hydrogen-bond acceptors (Lipinski definition) is 3. The molecule has 0 atom stereocenters. The number of carbonyl (C=O) groups is 1. The molecular weight excluding hydrogens is 505 g/mol. The fourth-order valence-corrected chi connectivity index (χ4v) is 4.37. The number of carbonyl (C=O) groups excluding carboxylic acids is 1. The molecule has 5 nitrogen and oxygen atoms in total. The van der Waals surface area contributed by atoms with Crippen LogP contribution in [0.25, 0.3) is 0 Å². The standard InChI is InChI=1S/C30H31Cl2N3O2/c1-19-28(20(2)35(34-19)17-21-9-14-26(31)27(32)16-21)33-29(36)23-8-6-7-22(15-23)18-37-25-12-10-24(11-13-25)30(3,4)5/h6-16H,17-18H2,1-5H3,(H,33,36). The number of halogens is 2. The van der Waals surface area contributed by atoms with Crippen LogP contribution in [-0.2, 0) is 18.6 Å². The van der Waals surface area contributed by atoms with E-state index in [9.17, 15) is 4.79 Å². The number of rotatable bonds is 7. The van der Waals surface area contributed by atoms with Crippen molar-refractivity contribution in [3.63, 3.8) is 0 Å². The van der Waals surface area contributed by atoms with Gasteiger partial charge in [-0.25, -0.2) is 0 Å². The van der Waals surface area contributed by atoms with Gasteiger partial charge in [-0.3, -0.25) is 9.48 Å². The van der Waals surface area contributed by atoms with Gasteiger partial charge >= 0.3 is 0 Å². The van der Waals surface area contributed by atoms with Gasteiger partial charge < -0.3 is 10.1 Å². The minimum Gasteiger partial charge on any atom is -0.489 e. The Morgan fingerprint density at radius 1 is 0.946 bits per heavy atom. The van der Waals surface area contributed by atoms with Gasteiger partial charge in [0.25, 0.3) is 5.91 Å². The third-order valence-corrected chi connectivity index (χ3v) is 6.99. The van der Waals surface area contributed by atoms with Crippen molar-refractivity contribution >= 4 is 34.8 Å². The molecule has 0 aliphatic rings. The lowest BCUT2D eigenvalue weighted by Gasteiger charge is -2.19. The Morgan fingerprint density at radius 2 is 1.68 bits per heavy atom. The van der Waals surface area contributed by atoms with Crippen molar-refractivity contribution in [3.8, 4) is 5.75 Å². The highest BCUT2D eigenvalue weighted by molar-refractivity contribution is 6.42. The van der Waals surface area contributed by atoms with Gasteiger partial charge in [0.15, 0.2) is 0 Å². The first-order valence-corrected chi connectivity index (χ1v) is 12.9. The maximum Gasteiger partial charge on any atom is 0.255 e. The molecule has 1 heterocycles. The molecule has 7 heteroatoms. The number of nitrogens with zero attached hydrogens (tertiary/aromatic N) is 2. The van der Waals surface area contributed by atoms with Crippen LogP contribution in [0, 0.1) is 13.8 Å². The number of nitrogens with one attached hydrogen (secondary N) is 1. The molecule has 0 unspecified atom stereocenters. The Morgan fingerprint density at radius 3 is 2.35 bits per heavy atom. The number of anilines is 1. The van der Waals surface area contributed by atoms with Gasteiger partial charge in [-0.05, 0) is 72.4 Å². The van der Waals surface area contributed by atoms with E-state index < -0.39 is 0 Å². The Kier molecular flexibility index (Phi) is 7.96. The minimum absolute atomic E-state index is 0.0942. The number of aromatic nitrogens is 2. The Labute approximate surface area is 228 Å². The fourth-order valence-electron chi connectivity index (χ4n) is 4.05. The second-order valence-corrected chi connectivity index (χ2v) is 11.0. The average molecular weight is 537 g/mol. The SMILES string of the molecule is Cc1nn(Cc2ccc(Cl)c(Cl)c2)c(C)c1NC(=O)c1cccc(COc2ccc(C(C)(C)C)cc2)c1. The van der Waals surface area contributed by atoms with E-state index in [2.05, 4.69) is 43.3 Å². The molecule has 3 aromatic carbocycles. The predicted octanol–water partition coefficient (Wildman–Crippen LogP) is 7.98. The van der Waals surface area contributed by atoms with E-state index in [4.69, 9.17) is 27.9 Å². The molecule has 4 aromatic rings. The summed E-state index contributed by atoms with van der Waals surface area (Å²) in [5, 5.41) is 8.66. The summed E-state index contributed by atoms with van der Waals surface area (Å²) in [5.41, 5.74) is 6.08. The van der Waals surface area contributed by atoms with E-state index >= 15 is 0 Å². The summed E-state index contributed by atoms with van der Waals surface area (Å²) >= 11 is 12.2. The van der Waals surface area contributed by atoms with E-state index in [1.165, 1.54) is 5.56 Å². The highest BCUT2D eigenvalue weighted by atomic mass is 35.5. The molecule has 0 saturated carbocycles. The van der Waals surface area contributed by atoms with Crippen molar-refractivity contribution in [2.45, 2.75) is 53.2 Å². The Bertz CT molecular complexity index is 1420. The summed E-state index contributed by atoms with van der Waals surface area (Å²) in [7, 11) is 0. The van der Waals surface area contributed by atoms with Crippen LogP contribution < -0.4 is 10.1 Å². The molecule has 1 N–H and O–H groups in total. The number of hydrogen-bond donors (Lipinski definition) is 1. The van der Waals surface area contributed by atoms with Crippen molar-refractivity contribution in [3.05, 3.63) is 110 Å². The summed E-state index contributed by atoms with van der Waals surface area (Å²) in [6.45, 7) is 11.2. The summed E-state index contributed by atoms with van der Waals surface area (Å²) in [6, 6.07) is 21.1. The maximum atomic E-state index is 13.1. The number of aryl methyl sites for hydroxylation is 1. The molecule has 0 spiro atoms. The molecule has 1 aromatic heterocycles. The van der Waals surface area contributed by atoms with Crippen molar-refractivity contribution in [2.24, 2.45) is 0 Å². The highest BCUT2D eigenvalue weighted by Gasteiger charge is 2.17. The van der Waals surface area contributed by atoms with Crippen molar-refractivity contribution in [1.82, 2.24) is 9.78 Å². The molecule has 0 saturated heterocycles. The number of ether oxygens (including phenoxy) is 1. The Hall–Kier alpha value is -3.28. The zero-order valence-corrected chi connectivity index (χ0v) is 23.2. The average Bonchev–Trinajstić information content (AvgIpc) is 3.12. The quantitative estimate of drug-likeness (QED) is 0.261. The monoisotopic (exact) mass is 535 g/mol. The molecule has 0 bridgehead atoms. The largest absolute Gasteiger partial charge is 0.489 e. The number of benzene rings is 3. The first-order valence-electron chi connectivity index (χ1n) is 12.1. The molecule has 37 heavy (non-hydrogen) atoms. The molecule has 0 aliphatic heterocycles. The van der Waals surface area contributed by atoms with Gasteiger partial charge in [0.1, 0.15) is 12.4 Å². The summed E-state index contributed by atoms with van der Waals surface area (Å²) in [6.07, 6.45) is 0. The summed E-state index contributed by atoms with van der Waals surface area (Å²) in [5.74, 6) is 0.597. The third-order valence-electron chi connectivity index (χ3n) is 6.25. The summed E-state index contributed by atoms with van der Waals surface area (Å²) < 4.78 is 7.81. The van der Waals surface area contributed by atoms with E-state index in [-0.39, 0.29) is 11.3 Å². The molecule has 192 valence electrons. The van der Waals surface area contributed by atoms with Crippen LogP contribution in [0.3, 0.4) is 0 Å². The van der Waals surface area contributed by atoms with E-state index in [1.54, 1.807) is 12.1 Å². The first kappa shape index (κ1) is 26.8. The molecule has 0 aliphatic carbocycles. The highest BCUT2D eigenvalue weighted by Crippen LogP contribution is 2.26. The normalized spacial score (nSPS) is 11.4. The van der Waals surface area contributed by atoms with E-state index in [0.717, 1.165) is 28.3 Å². The van der Waals surface area contributed by atoms with Crippen LogP contribution in [0.15, 0.2) is 66.7 Å². The van der Waals surface area contributed by atoms with Crippen LogP contribution >= 0.6 is 23.2 Å². The van der Waals surface area contributed by atoms with Crippen molar-refractivity contribution < 1.29 is 9.53 Å². The van der Waals surface area contributed by atoms with Gasteiger partial charge in [-0.1, -0.05) is 74.3 Å². The lowest BCUT2D eigenvalue weighted by atomic mass is 9.87. The Balaban J connectivity index is 1.43. The molecular formula is C30H31Cl2N3O2. The zero-order chi connectivity index (χ0) is 26.7. The second kappa shape index (κ2) is 11.0. The first-order chi connectivity index (χ1) is 17.5. The van der Waals surface area contributed by atoms with Crippen molar-refractivity contribution in [2.75, 3.05) is 5.32 Å². The van der Waals surface area contributed by atoms with Crippen molar-refractivity contribution in [1.29, 1.82) is 0 Å². The number of amides is 1. The van der Waals surface area contributed by atoms with Gasteiger partial charge in [0, 0.05) is 5.56 Å². The van der Waals surface area contributed by atoms with Gasteiger partial charge in [0.2, 0.25) is 0 Å². The second-order valence-electron chi connectivity index (χ2n) is 10.2. The van der Waals surface area contributed by atoms with Gasteiger partial charge in [0.05, 0.1) is 33.7 Å². The molecule has 0 fully saturated rings. The predicted molar refractivity (Wildman–Crippen MR) is 151 cm³/mol. The molecule has 0 radical (unpaired) electrons. The van der Waals surface area contributed by atoms with Gasteiger partial charge in [-0.2, -0.15) is 5.10 Å². The van der Waals surface area contributed by atoms with Crippen LogP contribution in [0.4, 0.5) is 5.69 Å². The topological polar surface area (TPSA) is 56.2 Å². The minimum atomic E-state index is -0.198.